The molecule has 158 valence electrons. The highest BCUT2D eigenvalue weighted by Gasteiger charge is 2.43. The van der Waals surface area contributed by atoms with Gasteiger partial charge in [0, 0.05) is 5.69 Å². The van der Waals surface area contributed by atoms with Crippen molar-refractivity contribution in [2.75, 3.05) is 19.1 Å². The molecule has 1 aliphatic rings. The van der Waals surface area contributed by atoms with Crippen molar-refractivity contribution in [2.24, 2.45) is 5.73 Å². The Hall–Kier alpha value is -3.96. The van der Waals surface area contributed by atoms with Gasteiger partial charge >= 0.3 is 11.9 Å². The zero-order chi connectivity index (χ0) is 22.7. The molecule has 0 amide bonds. The number of esters is 2. The van der Waals surface area contributed by atoms with Crippen LogP contribution >= 0.6 is 11.6 Å². The lowest BCUT2D eigenvalue weighted by atomic mass is 9.81. The molecule has 0 bridgehead atoms. The number of carbonyl (C=O) groups is 2. The lowest BCUT2D eigenvalue weighted by Crippen LogP contribution is -2.40. The summed E-state index contributed by atoms with van der Waals surface area (Å²) in [7, 11) is 2.32. The predicted molar refractivity (Wildman–Crippen MR) is 113 cm³/mol. The summed E-state index contributed by atoms with van der Waals surface area (Å²) in [5.41, 5.74) is 6.85. The molecule has 3 N–H and O–H groups in total. The second kappa shape index (κ2) is 8.81. The van der Waals surface area contributed by atoms with Gasteiger partial charge in [0.2, 0.25) is 0 Å². The van der Waals surface area contributed by atoms with Gasteiger partial charge in [0.25, 0.3) is 0 Å². The van der Waals surface area contributed by atoms with Crippen LogP contribution in [-0.2, 0) is 19.1 Å². The highest BCUT2D eigenvalue weighted by molar-refractivity contribution is 6.32. The molecule has 3 rings (SSSR count). The van der Waals surface area contributed by atoms with Crippen molar-refractivity contribution in [1.29, 1.82) is 5.26 Å². The first-order chi connectivity index (χ1) is 14.8. The largest absolute Gasteiger partial charge is 0.506 e. The summed E-state index contributed by atoms with van der Waals surface area (Å²) in [4.78, 5) is 27.0. The van der Waals surface area contributed by atoms with Crippen molar-refractivity contribution in [3.05, 3.63) is 81.8 Å². The van der Waals surface area contributed by atoms with E-state index in [1.165, 1.54) is 30.2 Å². The molecule has 0 fully saturated rings. The maximum Gasteiger partial charge on any atom is 0.355 e. The molecular formula is C22H18ClN3O5. The Morgan fingerprint density at radius 2 is 1.77 bits per heavy atom. The number of phenolic OH excluding ortho intramolecular Hbond substituents is 1. The Labute approximate surface area is 183 Å². The minimum atomic E-state index is -0.961. The fourth-order valence-corrected chi connectivity index (χ4v) is 3.59. The molecule has 0 saturated carbocycles. The quantitative estimate of drug-likeness (QED) is 0.696. The van der Waals surface area contributed by atoms with Gasteiger partial charge in [-0.2, -0.15) is 5.26 Å². The van der Waals surface area contributed by atoms with Crippen LogP contribution in [-0.4, -0.2) is 31.3 Å². The minimum absolute atomic E-state index is 0.0159. The predicted octanol–water partition coefficient (Wildman–Crippen LogP) is 2.94. The monoisotopic (exact) mass is 439 g/mol. The molecule has 0 radical (unpaired) electrons. The average molecular weight is 440 g/mol. The van der Waals surface area contributed by atoms with E-state index in [2.05, 4.69) is 6.07 Å². The summed E-state index contributed by atoms with van der Waals surface area (Å²) in [6.07, 6.45) is 0. The molecule has 1 heterocycles. The molecular weight excluding hydrogens is 422 g/mol. The van der Waals surface area contributed by atoms with Crippen molar-refractivity contribution < 1.29 is 24.2 Å². The van der Waals surface area contributed by atoms with E-state index in [1.807, 2.05) is 0 Å². The summed E-state index contributed by atoms with van der Waals surface area (Å²) in [5.74, 6) is -2.94. The number of halogens is 1. The number of anilines is 1. The SMILES string of the molecule is COC(=O)C1=C(C(=O)OC)N(c2ccc(O)c(Cl)c2)C(N)=C(C#N)C1c1ccccc1. The highest BCUT2D eigenvalue weighted by atomic mass is 35.5. The third-order valence-corrected chi connectivity index (χ3v) is 5.10. The van der Waals surface area contributed by atoms with E-state index in [0.717, 1.165) is 7.11 Å². The number of benzene rings is 2. The van der Waals surface area contributed by atoms with Crippen LogP contribution in [0.25, 0.3) is 0 Å². The van der Waals surface area contributed by atoms with Crippen molar-refractivity contribution in [3.8, 4) is 11.8 Å². The number of nitriles is 1. The fraction of sp³-hybridized carbons (Fsp3) is 0.136. The average Bonchev–Trinajstić information content (AvgIpc) is 2.79. The van der Waals surface area contributed by atoms with Crippen molar-refractivity contribution >= 4 is 29.2 Å². The Bertz CT molecular complexity index is 1150. The van der Waals surface area contributed by atoms with Crippen molar-refractivity contribution in [1.82, 2.24) is 0 Å². The van der Waals surface area contributed by atoms with E-state index >= 15 is 0 Å². The first-order valence-electron chi connectivity index (χ1n) is 8.99. The maximum atomic E-state index is 12.9. The fourth-order valence-electron chi connectivity index (χ4n) is 3.42. The van der Waals surface area contributed by atoms with Gasteiger partial charge in [-0.3, -0.25) is 4.90 Å². The molecule has 2 aromatic rings. The van der Waals surface area contributed by atoms with Gasteiger partial charge in [-0.15, -0.1) is 0 Å². The van der Waals surface area contributed by atoms with Crippen LogP contribution in [0.1, 0.15) is 11.5 Å². The zero-order valence-electron chi connectivity index (χ0n) is 16.6. The van der Waals surface area contributed by atoms with E-state index in [1.54, 1.807) is 30.3 Å². The standard InChI is InChI=1S/C22H18ClN3O5/c1-30-21(28)18-17(12-6-4-3-5-7-12)14(11-24)20(25)26(19(18)22(29)31-2)13-8-9-16(27)15(23)10-13/h3-10,17,27H,25H2,1-2H3. The topological polar surface area (TPSA) is 126 Å². The molecule has 2 aromatic carbocycles. The number of allylic oxidation sites excluding steroid dienone is 1. The van der Waals surface area contributed by atoms with Gasteiger partial charge in [0.1, 0.15) is 17.3 Å². The van der Waals surface area contributed by atoms with Crippen molar-refractivity contribution in [2.45, 2.75) is 5.92 Å². The molecule has 0 saturated heterocycles. The van der Waals surface area contributed by atoms with Crippen LogP contribution in [0.4, 0.5) is 5.69 Å². The van der Waals surface area contributed by atoms with E-state index in [0.29, 0.717) is 5.56 Å². The molecule has 0 aliphatic carbocycles. The van der Waals surface area contributed by atoms with Gasteiger partial charge in [-0.1, -0.05) is 41.9 Å². The van der Waals surface area contributed by atoms with E-state index in [4.69, 9.17) is 26.8 Å². The first kappa shape index (κ1) is 21.7. The number of carbonyl (C=O) groups excluding carboxylic acids is 2. The van der Waals surface area contributed by atoms with Crippen LogP contribution in [0.15, 0.2) is 71.2 Å². The first-order valence-corrected chi connectivity index (χ1v) is 9.37. The molecule has 0 spiro atoms. The van der Waals surface area contributed by atoms with Gasteiger partial charge in [0.05, 0.1) is 42.4 Å². The number of rotatable bonds is 4. The van der Waals surface area contributed by atoms with Crippen molar-refractivity contribution in [3.63, 3.8) is 0 Å². The van der Waals surface area contributed by atoms with Gasteiger partial charge in [-0.25, -0.2) is 9.59 Å². The molecule has 0 aromatic heterocycles. The summed E-state index contributed by atoms with van der Waals surface area (Å²) < 4.78 is 9.88. The van der Waals surface area contributed by atoms with Gasteiger partial charge < -0.3 is 20.3 Å². The van der Waals surface area contributed by atoms with Crippen LogP contribution in [0.5, 0.6) is 5.75 Å². The summed E-state index contributed by atoms with van der Waals surface area (Å²) >= 11 is 6.04. The Kier molecular flexibility index (Phi) is 6.18. The number of ether oxygens (including phenoxy) is 2. The third-order valence-electron chi connectivity index (χ3n) is 4.80. The normalized spacial score (nSPS) is 16.1. The number of hydrogen-bond donors (Lipinski definition) is 2. The highest BCUT2D eigenvalue weighted by Crippen LogP contribution is 2.44. The van der Waals surface area contributed by atoms with Crippen LogP contribution in [0.2, 0.25) is 5.02 Å². The van der Waals surface area contributed by atoms with Gasteiger partial charge in [-0.05, 0) is 23.8 Å². The Morgan fingerprint density at radius 1 is 1.13 bits per heavy atom. The minimum Gasteiger partial charge on any atom is -0.506 e. The molecule has 1 atom stereocenters. The molecule has 31 heavy (non-hydrogen) atoms. The summed E-state index contributed by atoms with van der Waals surface area (Å²) in [6.45, 7) is 0. The molecule has 1 unspecified atom stereocenters. The molecule has 9 heteroatoms. The number of nitrogens with two attached hydrogens (primary N) is 1. The third kappa shape index (κ3) is 3.79. The molecule has 8 nitrogen and oxygen atoms in total. The van der Waals surface area contributed by atoms with Crippen LogP contribution in [0.3, 0.4) is 0 Å². The van der Waals surface area contributed by atoms with Gasteiger partial charge in [0.15, 0.2) is 0 Å². The number of nitrogens with zero attached hydrogens (tertiary/aromatic N) is 2. The van der Waals surface area contributed by atoms with E-state index in [9.17, 15) is 20.0 Å². The number of phenols is 1. The van der Waals surface area contributed by atoms with Crippen LogP contribution in [0, 0.1) is 11.3 Å². The summed E-state index contributed by atoms with van der Waals surface area (Å²) in [6, 6.07) is 14.8. The second-order valence-corrected chi connectivity index (χ2v) is 6.88. The Morgan fingerprint density at radius 3 is 2.32 bits per heavy atom. The number of aromatic hydroxyl groups is 1. The van der Waals surface area contributed by atoms with Crippen LogP contribution < -0.4 is 10.6 Å². The maximum absolute atomic E-state index is 12.9. The number of hydrogen-bond acceptors (Lipinski definition) is 8. The lowest BCUT2D eigenvalue weighted by Gasteiger charge is -2.35. The number of methoxy groups -OCH3 is 2. The Balaban J connectivity index is 2.41. The zero-order valence-corrected chi connectivity index (χ0v) is 17.4. The summed E-state index contributed by atoms with van der Waals surface area (Å²) in [5, 5.41) is 19.7. The smallest absolute Gasteiger partial charge is 0.355 e. The molecule has 1 aliphatic heterocycles. The lowest BCUT2D eigenvalue weighted by molar-refractivity contribution is -0.139. The van der Waals surface area contributed by atoms with E-state index < -0.39 is 17.9 Å². The van der Waals surface area contributed by atoms with E-state index in [-0.39, 0.29) is 39.1 Å². The second-order valence-electron chi connectivity index (χ2n) is 6.47.